The van der Waals surface area contributed by atoms with Crippen LogP contribution in [-0.4, -0.2) is 77.5 Å². The molecular formula is C20H38O7. The second kappa shape index (κ2) is 9.13. The molecule has 0 radical (unpaired) electrons. The van der Waals surface area contributed by atoms with Crippen molar-refractivity contribution in [2.75, 3.05) is 0 Å². The van der Waals surface area contributed by atoms with Crippen LogP contribution < -0.4 is 0 Å². The van der Waals surface area contributed by atoms with Crippen LogP contribution in [0.4, 0.5) is 0 Å². The average Bonchev–Trinajstić information content (AvgIpc) is 2.43. The second-order valence-corrected chi connectivity index (χ2v) is 9.00. The van der Waals surface area contributed by atoms with Crippen molar-refractivity contribution in [3.8, 4) is 0 Å². The van der Waals surface area contributed by atoms with Crippen molar-refractivity contribution in [1.29, 1.82) is 0 Å². The van der Waals surface area contributed by atoms with Crippen LogP contribution in [0.5, 0.6) is 0 Å². The molecule has 0 amide bonds. The highest BCUT2D eigenvalue weighted by Gasteiger charge is 2.45. The van der Waals surface area contributed by atoms with E-state index in [2.05, 4.69) is 13.2 Å². The highest BCUT2D eigenvalue weighted by molar-refractivity contribution is 5.06. The van der Waals surface area contributed by atoms with Gasteiger partial charge >= 0.3 is 0 Å². The number of hydrogen-bond donors (Lipinski definition) is 6. The first-order chi connectivity index (χ1) is 11.9. The van der Waals surface area contributed by atoms with E-state index >= 15 is 0 Å². The minimum atomic E-state index is -1.73. The van der Waals surface area contributed by atoms with Crippen molar-refractivity contribution in [1.82, 2.24) is 0 Å². The van der Waals surface area contributed by atoms with E-state index in [9.17, 15) is 30.6 Å². The third kappa shape index (κ3) is 8.83. The van der Waals surface area contributed by atoms with Gasteiger partial charge in [0.1, 0.15) is 23.4 Å². The molecule has 0 heterocycles. The van der Waals surface area contributed by atoms with Gasteiger partial charge in [-0.2, -0.15) is 0 Å². The average molecular weight is 391 g/mol. The first-order valence-electron chi connectivity index (χ1n) is 9.04. The first kappa shape index (κ1) is 26.2. The number of hydrogen-bond acceptors (Lipinski definition) is 7. The minimum absolute atomic E-state index is 0.133. The van der Waals surface area contributed by atoms with Gasteiger partial charge in [0.2, 0.25) is 0 Å². The molecule has 7 nitrogen and oxygen atoms in total. The zero-order valence-corrected chi connectivity index (χ0v) is 17.4. The lowest BCUT2D eigenvalue weighted by Crippen LogP contribution is -2.57. The molecule has 0 aliphatic heterocycles. The zero-order chi connectivity index (χ0) is 21.8. The molecule has 7 heteroatoms. The molecule has 160 valence electrons. The Morgan fingerprint density at radius 1 is 0.704 bits per heavy atom. The summed E-state index contributed by atoms with van der Waals surface area (Å²) >= 11 is 0. The molecule has 6 unspecified atom stereocenters. The predicted octanol–water partition coefficient (Wildman–Crippen LogP) is 0.658. The van der Waals surface area contributed by atoms with Crippen LogP contribution in [0.15, 0.2) is 25.3 Å². The topological polar surface area (TPSA) is 131 Å². The van der Waals surface area contributed by atoms with E-state index in [-0.39, 0.29) is 12.8 Å². The van der Waals surface area contributed by atoms with Gasteiger partial charge in [-0.25, -0.2) is 0 Å². The fourth-order valence-corrected chi connectivity index (χ4v) is 2.86. The summed E-state index contributed by atoms with van der Waals surface area (Å²) in [4.78, 5) is 0. The quantitative estimate of drug-likeness (QED) is 0.270. The van der Waals surface area contributed by atoms with E-state index in [1.165, 1.54) is 53.7 Å². The fourth-order valence-electron chi connectivity index (χ4n) is 2.86. The molecule has 0 aliphatic carbocycles. The molecule has 0 aliphatic rings. The molecule has 6 atom stereocenters. The van der Waals surface area contributed by atoms with Gasteiger partial charge in [-0.1, -0.05) is 12.2 Å². The maximum atomic E-state index is 10.6. The summed E-state index contributed by atoms with van der Waals surface area (Å²) in [5.74, 6) is 0. The van der Waals surface area contributed by atoms with Crippen LogP contribution >= 0.6 is 0 Å². The van der Waals surface area contributed by atoms with E-state index in [0.29, 0.717) is 0 Å². The van der Waals surface area contributed by atoms with Crippen LogP contribution in [-0.2, 0) is 4.74 Å². The monoisotopic (exact) mass is 390 g/mol. The molecular weight excluding hydrogens is 352 g/mol. The largest absolute Gasteiger partial charge is 0.390 e. The summed E-state index contributed by atoms with van der Waals surface area (Å²) in [6.45, 7) is 15.8. The van der Waals surface area contributed by atoms with E-state index in [1.54, 1.807) is 0 Å². The smallest absolute Gasteiger partial charge is 0.116 e. The second-order valence-electron chi connectivity index (χ2n) is 9.00. The maximum absolute atomic E-state index is 10.6. The molecule has 0 saturated heterocycles. The molecule has 0 aromatic carbocycles. The third-order valence-corrected chi connectivity index (χ3v) is 4.39. The van der Waals surface area contributed by atoms with E-state index < -0.39 is 46.8 Å². The van der Waals surface area contributed by atoms with Gasteiger partial charge in [-0.05, 0) is 41.5 Å². The van der Waals surface area contributed by atoms with Crippen LogP contribution in [0.3, 0.4) is 0 Å². The Kier molecular flexibility index (Phi) is 8.86. The van der Waals surface area contributed by atoms with Crippen molar-refractivity contribution in [3.05, 3.63) is 25.3 Å². The molecule has 27 heavy (non-hydrogen) atoms. The Labute approximate surface area is 162 Å². The summed E-state index contributed by atoms with van der Waals surface area (Å²) < 4.78 is 5.81. The van der Waals surface area contributed by atoms with Gasteiger partial charge in [0.05, 0.1) is 23.4 Å². The van der Waals surface area contributed by atoms with Crippen molar-refractivity contribution in [2.24, 2.45) is 0 Å². The lowest BCUT2D eigenvalue weighted by atomic mass is 9.85. The van der Waals surface area contributed by atoms with Crippen molar-refractivity contribution in [3.63, 3.8) is 0 Å². The highest BCUT2D eigenvalue weighted by Crippen LogP contribution is 2.31. The fraction of sp³-hybridized carbons (Fsp3) is 0.800. The predicted molar refractivity (Wildman–Crippen MR) is 104 cm³/mol. The van der Waals surface area contributed by atoms with Crippen molar-refractivity contribution in [2.45, 2.75) is 101 Å². The molecule has 0 rings (SSSR count). The number of aliphatic hydroxyl groups excluding tert-OH is 2. The molecule has 0 bridgehead atoms. The first-order valence-corrected chi connectivity index (χ1v) is 9.04. The Morgan fingerprint density at radius 3 is 1.15 bits per heavy atom. The number of aliphatic hydroxyl groups is 6. The van der Waals surface area contributed by atoms with Gasteiger partial charge in [0.15, 0.2) is 0 Å². The SMILES string of the molecule is C=CC(C)(O)C(OC(C(O)CC(C)(C)O)C(C)(O)C=C)C(O)CC(C)(C)O. The van der Waals surface area contributed by atoms with Gasteiger partial charge in [0.25, 0.3) is 0 Å². The molecule has 0 spiro atoms. The van der Waals surface area contributed by atoms with Crippen LogP contribution in [0.2, 0.25) is 0 Å². The van der Waals surface area contributed by atoms with Crippen LogP contribution in [0.1, 0.15) is 54.4 Å². The Hall–Kier alpha value is -0.800. The minimum Gasteiger partial charge on any atom is -0.390 e. The van der Waals surface area contributed by atoms with Crippen molar-refractivity contribution >= 4 is 0 Å². The zero-order valence-electron chi connectivity index (χ0n) is 17.4. The standard InChI is InChI=1S/C20H38O7/c1-9-19(7,25)15(13(21)11-17(3,4)23)27-16(20(8,26)10-2)14(22)12-18(5,6)24/h9-10,13-16,21-26H,1-2,11-12H2,3-8H3. The number of ether oxygens (including phenoxy) is 1. The maximum Gasteiger partial charge on any atom is 0.116 e. The summed E-state index contributed by atoms with van der Waals surface area (Å²) in [5, 5.41) is 62.4. The summed E-state index contributed by atoms with van der Waals surface area (Å²) in [7, 11) is 0. The van der Waals surface area contributed by atoms with E-state index in [4.69, 9.17) is 4.74 Å². The molecule has 0 saturated carbocycles. The summed E-state index contributed by atoms with van der Waals surface area (Å²) in [6, 6.07) is 0. The Morgan fingerprint density at radius 2 is 0.963 bits per heavy atom. The van der Waals surface area contributed by atoms with Gasteiger partial charge in [-0.15, -0.1) is 13.2 Å². The van der Waals surface area contributed by atoms with Crippen LogP contribution in [0, 0.1) is 0 Å². The van der Waals surface area contributed by atoms with Gasteiger partial charge < -0.3 is 35.4 Å². The Balaban J connectivity index is 5.91. The van der Waals surface area contributed by atoms with E-state index in [0.717, 1.165) is 0 Å². The molecule has 0 aromatic heterocycles. The molecule has 0 fully saturated rings. The van der Waals surface area contributed by atoms with Gasteiger partial charge in [0, 0.05) is 12.8 Å². The third-order valence-electron chi connectivity index (χ3n) is 4.39. The molecule has 6 N–H and O–H groups in total. The summed E-state index contributed by atoms with van der Waals surface area (Å²) in [6.07, 6.45) is -3.24. The van der Waals surface area contributed by atoms with Crippen LogP contribution in [0.25, 0.3) is 0 Å². The van der Waals surface area contributed by atoms with Gasteiger partial charge in [-0.3, -0.25) is 0 Å². The lowest BCUT2D eigenvalue weighted by Gasteiger charge is -2.43. The Bertz CT molecular complexity index is 442. The summed E-state index contributed by atoms with van der Waals surface area (Å²) in [5.41, 5.74) is -5.95. The number of rotatable bonds is 12. The normalized spacial score (nSPS) is 22.1. The molecule has 0 aromatic rings. The lowest BCUT2D eigenvalue weighted by molar-refractivity contribution is -0.219. The highest BCUT2D eigenvalue weighted by atomic mass is 16.5. The van der Waals surface area contributed by atoms with E-state index in [1.807, 2.05) is 0 Å². The van der Waals surface area contributed by atoms with Crippen molar-refractivity contribution < 1.29 is 35.4 Å².